The van der Waals surface area contributed by atoms with Gasteiger partial charge in [-0.25, -0.2) is 9.69 Å². The van der Waals surface area contributed by atoms with Gasteiger partial charge in [0.1, 0.15) is 23.1 Å². The maximum Gasteiger partial charge on any atom is 0.337 e. The Morgan fingerprint density at radius 1 is 0.791 bits per heavy atom. The molecular formula is C33H26ClN3O6. The maximum atomic E-state index is 13.1. The van der Waals surface area contributed by atoms with Gasteiger partial charge in [0.05, 0.1) is 24.8 Å². The summed E-state index contributed by atoms with van der Waals surface area (Å²) < 4.78 is 10.5. The molecule has 216 valence electrons. The highest BCUT2D eigenvalue weighted by Gasteiger charge is 2.39. The van der Waals surface area contributed by atoms with Gasteiger partial charge in [-0.1, -0.05) is 60.1 Å². The molecule has 0 saturated heterocycles. The minimum absolute atomic E-state index is 0.100. The molecule has 43 heavy (non-hydrogen) atoms. The Hall–Kier alpha value is -5.41. The Kier molecular flexibility index (Phi) is 8.83. The van der Waals surface area contributed by atoms with Crippen LogP contribution in [-0.4, -0.2) is 30.8 Å². The number of hydrogen-bond acceptors (Lipinski definition) is 7. The molecule has 1 aliphatic heterocycles. The number of rotatable bonds is 10. The van der Waals surface area contributed by atoms with E-state index in [9.17, 15) is 19.2 Å². The van der Waals surface area contributed by atoms with Gasteiger partial charge in [0.15, 0.2) is 0 Å². The number of esters is 1. The zero-order valence-corrected chi connectivity index (χ0v) is 23.8. The fourth-order valence-corrected chi connectivity index (χ4v) is 4.56. The van der Waals surface area contributed by atoms with Crippen LogP contribution in [0.3, 0.4) is 0 Å². The summed E-state index contributed by atoms with van der Waals surface area (Å²) in [6.07, 6.45) is 0.123. The molecule has 0 radical (unpaired) electrons. The van der Waals surface area contributed by atoms with Gasteiger partial charge in [0, 0.05) is 11.4 Å². The van der Waals surface area contributed by atoms with Crippen LogP contribution in [0.2, 0.25) is 0 Å². The molecule has 3 amide bonds. The lowest BCUT2D eigenvalue weighted by molar-refractivity contribution is -0.120. The number of hydrogen-bond donors (Lipinski definition) is 2. The molecule has 4 aromatic carbocycles. The quantitative estimate of drug-likeness (QED) is 0.179. The van der Waals surface area contributed by atoms with E-state index in [4.69, 9.17) is 21.1 Å². The monoisotopic (exact) mass is 595 g/mol. The van der Waals surface area contributed by atoms with Gasteiger partial charge in [0.2, 0.25) is 5.91 Å². The van der Waals surface area contributed by atoms with E-state index in [0.29, 0.717) is 23.7 Å². The van der Waals surface area contributed by atoms with Crippen molar-refractivity contribution in [1.29, 1.82) is 0 Å². The van der Waals surface area contributed by atoms with Crippen LogP contribution in [0.25, 0.3) is 0 Å². The average molecular weight is 596 g/mol. The van der Waals surface area contributed by atoms with Crippen molar-refractivity contribution in [2.75, 3.05) is 22.6 Å². The van der Waals surface area contributed by atoms with Gasteiger partial charge in [0.25, 0.3) is 11.8 Å². The smallest absolute Gasteiger partial charge is 0.337 e. The van der Waals surface area contributed by atoms with Gasteiger partial charge in [-0.3, -0.25) is 14.4 Å². The lowest BCUT2D eigenvalue weighted by Crippen LogP contribution is -2.32. The van der Waals surface area contributed by atoms with E-state index in [1.165, 1.54) is 31.4 Å². The highest BCUT2D eigenvalue weighted by Crippen LogP contribution is 2.31. The summed E-state index contributed by atoms with van der Waals surface area (Å²) in [4.78, 5) is 51.3. The van der Waals surface area contributed by atoms with Crippen LogP contribution >= 0.6 is 11.6 Å². The highest BCUT2D eigenvalue weighted by molar-refractivity contribution is 6.53. The van der Waals surface area contributed by atoms with Crippen molar-refractivity contribution < 1.29 is 28.7 Å². The van der Waals surface area contributed by atoms with Crippen LogP contribution in [-0.2, 0) is 32.1 Å². The first-order chi connectivity index (χ1) is 20.8. The van der Waals surface area contributed by atoms with Gasteiger partial charge in [-0.05, 0) is 65.7 Å². The predicted octanol–water partition coefficient (Wildman–Crippen LogP) is 5.67. The Morgan fingerprint density at radius 3 is 2.19 bits per heavy atom. The summed E-state index contributed by atoms with van der Waals surface area (Å²) in [5.74, 6) is -1.50. The molecule has 0 spiro atoms. The average Bonchev–Trinajstić information content (AvgIpc) is 3.24. The number of nitrogens with one attached hydrogen (secondary N) is 2. The molecule has 1 heterocycles. The van der Waals surface area contributed by atoms with E-state index < -0.39 is 17.8 Å². The molecular weight excluding hydrogens is 570 g/mol. The number of ether oxygens (including phenoxy) is 2. The Labute approximate surface area is 252 Å². The zero-order valence-electron chi connectivity index (χ0n) is 23.0. The fourth-order valence-electron chi connectivity index (χ4n) is 4.35. The molecule has 0 atom stereocenters. The number of halogens is 1. The second-order valence-corrected chi connectivity index (χ2v) is 9.90. The number of carbonyl (C=O) groups excluding carboxylic acids is 4. The highest BCUT2D eigenvalue weighted by atomic mass is 35.5. The van der Waals surface area contributed by atoms with Crippen molar-refractivity contribution in [2.45, 2.75) is 13.0 Å². The van der Waals surface area contributed by atoms with Crippen molar-refractivity contribution >= 4 is 52.4 Å². The SMILES string of the molecule is COC(=O)c1cccc(N2C(=O)C(Cl)=C(Nc3ccc(CC(=O)Nc4ccc(OCc5ccccc5)cc4)cc3)C2=O)c1. The van der Waals surface area contributed by atoms with Crippen LogP contribution < -0.4 is 20.3 Å². The molecule has 10 heteroatoms. The third-order valence-corrected chi connectivity index (χ3v) is 6.88. The second-order valence-electron chi connectivity index (χ2n) is 9.52. The van der Waals surface area contributed by atoms with Crippen molar-refractivity contribution in [3.63, 3.8) is 0 Å². The minimum atomic E-state index is -0.722. The topological polar surface area (TPSA) is 114 Å². The zero-order chi connectivity index (χ0) is 30.3. The summed E-state index contributed by atoms with van der Waals surface area (Å²) in [6.45, 7) is 0.453. The number of methoxy groups -OCH3 is 1. The van der Waals surface area contributed by atoms with E-state index in [0.717, 1.165) is 16.0 Å². The van der Waals surface area contributed by atoms with Crippen molar-refractivity contribution in [1.82, 2.24) is 0 Å². The van der Waals surface area contributed by atoms with Crippen LogP contribution in [0.15, 0.2) is 114 Å². The molecule has 9 nitrogen and oxygen atoms in total. The first-order valence-electron chi connectivity index (χ1n) is 13.2. The second kappa shape index (κ2) is 13.1. The van der Waals surface area contributed by atoms with Crippen LogP contribution in [0.1, 0.15) is 21.5 Å². The molecule has 2 N–H and O–H groups in total. The molecule has 0 fully saturated rings. The van der Waals surface area contributed by atoms with Crippen molar-refractivity contribution in [3.8, 4) is 5.75 Å². The molecule has 0 saturated carbocycles. The molecule has 5 rings (SSSR count). The number of carbonyl (C=O) groups is 4. The van der Waals surface area contributed by atoms with Crippen LogP contribution in [0, 0.1) is 0 Å². The first-order valence-corrected chi connectivity index (χ1v) is 13.6. The van der Waals surface area contributed by atoms with Gasteiger partial charge in [-0.2, -0.15) is 0 Å². The third kappa shape index (κ3) is 6.91. The molecule has 0 aromatic heterocycles. The first kappa shape index (κ1) is 29.1. The third-order valence-electron chi connectivity index (χ3n) is 6.53. The number of anilines is 3. The molecule has 0 bridgehead atoms. The van der Waals surface area contributed by atoms with Crippen LogP contribution in [0.5, 0.6) is 5.75 Å². The van der Waals surface area contributed by atoms with E-state index in [1.807, 2.05) is 30.3 Å². The normalized spacial score (nSPS) is 12.7. The van der Waals surface area contributed by atoms with Crippen molar-refractivity contribution in [3.05, 3.63) is 131 Å². The van der Waals surface area contributed by atoms with Crippen molar-refractivity contribution in [2.24, 2.45) is 0 Å². The predicted molar refractivity (Wildman–Crippen MR) is 163 cm³/mol. The standard InChI is InChI=1S/C33H26ClN3O6/c1-42-33(41)23-8-5-9-26(19-23)37-31(39)29(34)30(32(37)40)36-25-12-10-21(11-13-25)18-28(38)35-24-14-16-27(17-15-24)43-20-22-6-3-2-4-7-22/h2-17,19,36H,18,20H2,1H3,(H,35,38). The van der Waals surface area contributed by atoms with Gasteiger partial charge < -0.3 is 20.1 Å². The van der Waals surface area contributed by atoms with Crippen LogP contribution in [0.4, 0.5) is 17.1 Å². The largest absolute Gasteiger partial charge is 0.489 e. The van der Waals surface area contributed by atoms with E-state index in [-0.39, 0.29) is 34.3 Å². The Balaban J connectivity index is 1.16. The molecule has 1 aliphatic rings. The number of nitrogens with zero attached hydrogens (tertiary/aromatic N) is 1. The fraction of sp³-hybridized carbons (Fsp3) is 0.0909. The summed E-state index contributed by atoms with van der Waals surface area (Å²) in [5.41, 5.74) is 3.20. The summed E-state index contributed by atoms with van der Waals surface area (Å²) in [7, 11) is 1.24. The van der Waals surface area contributed by atoms with E-state index >= 15 is 0 Å². The van der Waals surface area contributed by atoms with Gasteiger partial charge in [-0.15, -0.1) is 0 Å². The minimum Gasteiger partial charge on any atom is -0.489 e. The number of imide groups is 1. The lowest BCUT2D eigenvalue weighted by atomic mass is 10.1. The molecule has 0 aliphatic carbocycles. The summed E-state index contributed by atoms with van der Waals surface area (Å²) in [6, 6.07) is 29.7. The van der Waals surface area contributed by atoms with E-state index in [2.05, 4.69) is 10.6 Å². The number of benzene rings is 4. The van der Waals surface area contributed by atoms with Gasteiger partial charge >= 0.3 is 5.97 Å². The lowest BCUT2D eigenvalue weighted by Gasteiger charge is -2.16. The Morgan fingerprint density at radius 2 is 1.49 bits per heavy atom. The molecule has 4 aromatic rings. The summed E-state index contributed by atoms with van der Waals surface area (Å²) >= 11 is 6.23. The van der Waals surface area contributed by atoms with E-state index in [1.54, 1.807) is 48.5 Å². The maximum absolute atomic E-state index is 13.1. The number of amides is 3. The summed E-state index contributed by atoms with van der Waals surface area (Å²) in [5, 5.41) is 5.48. The Bertz CT molecular complexity index is 1700. The molecule has 0 unspecified atom stereocenters.